The number of nitrogens with one attached hydrogen (secondary N) is 1. The largest absolute Gasteiger partial charge is 0.489 e. The summed E-state index contributed by atoms with van der Waals surface area (Å²) in [4.78, 5) is 19.6. The number of rotatable bonds is 9. The van der Waals surface area contributed by atoms with Gasteiger partial charge in [0.2, 0.25) is 5.70 Å². The third-order valence-corrected chi connectivity index (χ3v) is 7.57. The van der Waals surface area contributed by atoms with E-state index in [1.807, 2.05) is 33.0 Å². The summed E-state index contributed by atoms with van der Waals surface area (Å²) in [7, 11) is 0. The van der Waals surface area contributed by atoms with E-state index in [-0.39, 0.29) is 35.8 Å². The van der Waals surface area contributed by atoms with Gasteiger partial charge in [0.25, 0.3) is 0 Å². The highest BCUT2D eigenvalue weighted by atomic mass is 19.1. The lowest BCUT2D eigenvalue weighted by molar-refractivity contribution is -0.605. The van der Waals surface area contributed by atoms with Crippen LogP contribution in [0.2, 0.25) is 0 Å². The number of nitrogens with zero attached hydrogens (tertiary/aromatic N) is 2. The van der Waals surface area contributed by atoms with Crippen LogP contribution in [0.25, 0.3) is 5.57 Å². The average molecular weight is 592 g/mol. The van der Waals surface area contributed by atoms with Gasteiger partial charge >= 0.3 is 5.91 Å². The first kappa shape index (κ1) is 30.5. The Kier molecular flexibility index (Phi) is 9.00. The monoisotopic (exact) mass is 591 g/mol. The van der Waals surface area contributed by atoms with Crippen molar-refractivity contribution >= 4 is 17.2 Å². The van der Waals surface area contributed by atoms with E-state index in [0.29, 0.717) is 60.0 Å². The minimum atomic E-state index is -0.690. The number of aromatic nitrogens is 1. The molecule has 2 saturated heterocycles. The third-order valence-electron chi connectivity index (χ3n) is 7.57. The molecule has 10 heteroatoms. The fourth-order valence-corrected chi connectivity index (χ4v) is 5.34. The smallest absolute Gasteiger partial charge is 0.308 e. The first-order valence-electron chi connectivity index (χ1n) is 14.4. The molecule has 3 heterocycles. The number of quaternary nitrogens is 1. The lowest BCUT2D eigenvalue weighted by atomic mass is 9.93. The maximum Gasteiger partial charge on any atom is 0.308 e. The molecular formula is C33H37F2N4O4+. The van der Waals surface area contributed by atoms with Gasteiger partial charge in [0.05, 0.1) is 37.5 Å². The quantitative estimate of drug-likeness (QED) is 0.284. The number of piperazine rings is 1. The molecule has 0 radical (unpaired) electrons. The van der Waals surface area contributed by atoms with Gasteiger partial charge in [0, 0.05) is 23.5 Å². The van der Waals surface area contributed by atoms with E-state index < -0.39 is 17.4 Å². The van der Waals surface area contributed by atoms with Gasteiger partial charge in [-0.1, -0.05) is 26.0 Å². The van der Waals surface area contributed by atoms with Crippen molar-refractivity contribution in [3.05, 3.63) is 101 Å². The topological polar surface area (TPSA) is 101 Å². The molecule has 3 N–H and O–H groups in total. The summed E-state index contributed by atoms with van der Waals surface area (Å²) >= 11 is 0. The Morgan fingerprint density at radius 2 is 1.84 bits per heavy atom. The highest BCUT2D eigenvalue weighted by Crippen LogP contribution is 2.28. The van der Waals surface area contributed by atoms with Crippen molar-refractivity contribution in [2.45, 2.75) is 52.1 Å². The van der Waals surface area contributed by atoms with Gasteiger partial charge in [-0.2, -0.15) is 0 Å². The van der Waals surface area contributed by atoms with Gasteiger partial charge in [-0.05, 0) is 67.3 Å². The molecule has 0 aliphatic carbocycles. The van der Waals surface area contributed by atoms with Crippen LogP contribution in [0, 0.1) is 17.0 Å². The van der Waals surface area contributed by atoms with Gasteiger partial charge in [0.15, 0.2) is 5.79 Å². The molecule has 43 heavy (non-hydrogen) atoms. The highest BCUT2D eigenvalue weighted by molar-refractivity contribution is 6.33. The number of benzene rings is 2. The Morgan fingerprint density at radius 3 is 2.49 bits per heavy atom. The van der Waals surface area contributed by atoms with E-state index in [1.165, 1.54) is 12.1 Å². The summed E-state index contributed by atoms with van der Waals surface area (Å²) in [5.41, 5.74) is 2.81. The van der Waals surface area contributed by atoms with Gasteiger partial charge in [0.1, 0.15) is 30.1 Å². The van der Waals surface area contributed by atoms with E-state index in [1.54, 1.807) is 53.7 Å². The molecule has 1 unspecified atom stereocenters. The molecule has 2 fully saturated rings. The second kappa shape index (κ2) is 12.7. The lowest BCUT2D eigenvalue weighted by Gasteiger charge is -2.30. The van der Waals surface area contributed by atoms with Crippen LogP contribution in [0.5, 0.6) is 5.75 Å². The molecule has 1 amide bonds. The molecule has 5 rings (SSSR count). The van der Waals surface area contributed by atoms with Crippen LogP contribution in [0.1, 0.15) is 55.9 Å². The fraction of sp³-hybridized carbons (Fsp3) is 0.364. The van der Waals surface area contributed by atoms with Crippen molar-refractivity contribution < 1.29 is 33.1 Å². The predicted octanol–water partition coefficient (Wildman–Crippen LogP) is 4.40. The van der Waals surface area contributed by atoms with Crippen LogP contribution in [0.4, 0.5) is 8.78 Å². The number of halogens is 2. The van der Waals surface area contributed by atoms with Crippen molar-refractivity contribution in [3.8, 4) is 5.75 Å². The molecule has 1 atom stereocenters. The van der Waals surface area contributed by atoms with Crippen LogP contribution in [-0.4, -0.2) is 59.6 Å². The van der Waals surface area contributed by atoms with Crippen molar-refractivity contribution in [1.29, 1.82) is 5.41 Å². The van der Waals surface area contributed by atoms with Gasteiger partial charge < -0.3 is 24.4 Å². The SMILES string of the molecule is CC(C)c1cc(F)c(COc2ccc(C(C(=N)c3ccncc3)=C3[NH2+]CCN(CC4COC(C)(C)O4)C3=O)cc2)cc1F. The molecular weight excluding hydrogens is 554 g/mol. The number of allylic oxidation sites excluding steroid dienone is 1. The fourth-order valence-electron chi connectivity index (χ4n) is 5.34. The Bertz CT molecular complexity index is 1520. The van der Waals surface area contributed by atoms with Crippen molar-refractivity contribution in [2.24, 2.45) is 0 Å². The van der Waals surface area contributed by atoms with Crippen LogP contribution >= 0.6 is 0 Å². The number of amides is 1. The summed E-state index contributed by atoms with van der Waals surface area (Å²) in [5, 5.41) is 11.0. The number of hydrogen-bond acceptors (Lipinski definition) is 6. The zero-order valence-electron chi connectivity index (χ0n) is 24.8. The molecule has 226 valence electrons. The average Bonchev–Trinajstić information content (AvgIpc) is 3.33. The number of carbonyl (C=O) groups excluding carboxylic acids is 1. The zero-order chi connectivity index (χ0) is 30.7. The predicted molar refractivity (Wildman–Crippen MR) is 157 cm³/mol. The lowest BCUT2D eigenvalue weighted by Crippen LogP contribution is -2.89. The second-order valence-corrected chi connectivity index (χ2v) is 11.5. The number of nitrogens with two attached hydrogens (primary N) is 1. The van der Waals surface area contributed by atoms with E-state index in [0.717, 1.165) is 0 Å². The Balaban J connectivity index is 1.40. The normalized spacial score (nSPS) is 19.6. The Morgan fingerprint density at radius 1 is 1.12 bits per heavy atom. The number of pyridine rings is 1. The molecule has 2 aromatic carbocycles. The van der Waals surface area contributed by atoms with Gasteiger partial charge in [-0.15, -0.1) is 0 Å². The minimum Gasteiger partial charge on any atom is -0.489 e. The maximum atomic E-state index is 14.6. The van der Waals surface area contributed by atoms with Gasteiger partial charge in [-0.25, -0.2) is 8.78 Å². The van der Waals surface area contributed by atoms with Crippen LogP contribution in [0.15, 0.2) is 66.6 Å². The number of carbonyl (C=O) groups is 1. The zero-order valence-corrected chi connectivity index (χ0v) is 24.8. The highest BCUT2D eigenvalue weighted by Gasteiger charge is 2.38. The molecule has 2 aliphatic heterocycles. The van der Waals surface area contributed by atoms with E-state index in [2.05, 4.69) is 4.98 Å². The summed E-state index contributed by atoms with van der Waals surface area (Å²) < 4.78 is 46.5. The van der Waals surface area contributed by atoms with Crippen molar-refractivity contribution in [1.82, 2.24) is 9.88 Å². The van der Waals surface area contributed by atoms with Crippen molar-refractivity contribution in [2.75, 3.05) is 26.2 Å². The van der Waals surface area contributed by atoms with Crippen LogP contribution in [0.3, 0.4) is 0 Å². The van der Waals surface area contributed by atoms with E-state index in [9.17, 15) is 13.6 Å². The van der Waals surface area contributed by atoms with Crippen molar-refractivity contribution in [3.63, 3.8) is 0 Å². The molecule has 0 bridgehead atoms. The van der Waals surface area contributed by atoms with E-state index in [4.69, 9.17) is 19.6 Å². The molecule has 2 aliphatic rings. The molecule has 0 saturated carbocycles. The van der Waals surface area contributed by atoms with Crippen LogP contribution in [-0.2, 0) is 20.9 Å². The molecule has 0 spiro atoms. The molecule has 3 aromatic rings. The molecule has 8 nitrogen and oxygen atoms in total. The number of hydrogen-bond donors (Lipinski definition) is 2. The first-order chi connectivity index (χ1) is 20.5. The van der Waals surface area contributed by atoms with Crippen LogP contribution < -0.4 is 10.1 Å². The maximum absolute atomic E-state index is 14.6. The third kappa shape index (κ3) is 6.98. The van der Waals surface area contributed by atoms with Gasteiger partial charge in [-0.3, -0.25) is 15.2 Å². The summed E-state index contributed by atoms with van der Waals surface area (Å²) in [6, 6.07) is 12.8. The Labute approximate surface area is 250 Å². The summed E-state index contributed by atoms with van der Waals surface area (Å²) in [6.45, 7) is 9.13. The summed E-state index contributed by atoms with van der Waals surface area (Å²) in [6.07, 6.45) is 2.98. The van der Waals surface area contributed by atoms with E-state index >= 15 is 0 Å². The standard InChI is InChI=1S/C33H36F2N4O4/c1-20(2)26-16-27(34)23(15-28(26)35)18-41-24-7-5-21(6-8-24)29(30(36)22-9-11-37-12-10-22)31-32(40)39(14-13-38-31)17-25-19-42-33(3,4)43-25/h5-12,15-16,20,25,36,38H,13-14,17-19H2,1-4H3/p+1. The number of ether oxygens (including phenoxy) is 3. The first-order valence-corrected chi connectivity index (χ1v) is 14.4. The minimum absolute atomic E-state index is 0.121. The second-order valence-electron chi connectivity index (χ2n) is 11.5. The Hall–Kier alpha value is -3.99. The molecule has 1 aromatic heterocycles. The summed E-state index contributed by atoms with van der Waals surface area (Å²) in [5.74, 6) is -1.55.